The summed E-state index contributed by atoms with van der Waals surface area (Å²) in [7, 11) is 3.24. The molecule has 0 N–H and O–H groups in total. The number of benzene rings is 2. The lowest BCUT2D eigenvalue weighted by Gasteiger charge is -2.37. The van der Waals surface area contributed by atoms with E-state index in [1.54, 1.807) is 42.6 Å². The Hall–Kier alpha value is -3.36. The van der Waals surface area contributed by atoms with Gasteiger partial charge in [-0.05, 0) is 54.1 Å². The van der Waals surface area contributed by atoms with Gasteiger partial charge in [-0.15, -0.1) is 11.3 Å². The quantitative estimate of drug-likeness (QED) is 0.358. The van der Waals surface area contributed by atoms with Gasteiger partial charge in [0.1, 0.15) is 13.2 Å². The van der Waals surface area contributed by atoms with E-state index < -0.39 is 0 Å². The number of rotatable bonds is 11. The predicted molar refractivity (Wildman–Crippen MR) is 140 cm³/mol. The monoisotopic (exact) mass is 508 g/mol. The maximum atomic E-state index is 13.7. The molecule has 0 fully saturated rings. The average Bonchev–Trinajstić information content (AvgIpc) is 3.40. The molecule has 7 nitrogen and oxygen atoms in total. The van der Waals surface area contributed by atoms with Crippen molar-refractivity contribution in [2.75, 3.05) is 47.1 Å². The van der Waals surface area contributed by atoms with Gasteiger partial charge in [0, 0.05) is 37.2 Å². The van der Waals surface area contributed by atoms with Crippen molar-refractivity contribution in [2.45, 2.75) is 18.9 Å². The maximum absolute atomic E-state index is 13.7. The van der Waals surface area contributed by atoms with Crippen molar-refractivity contribution in [3.05, 3.63) is 82.0 Å². The molecule has 0 spiro atoms. The fourth-order valence-electron chi connectivity index (χ4n) is 4.45. The number of carbonyl (C=O) groups excluding carboxylic acids is 2. The van der Waals surface area contributed by atoms with Crippen molar-refractivity contribution in [2.24, 2.45) is 0 Å². The Morgan fingerprint density at radius 1 is 1.03 bits per heavy atom. The van der Waals surface area contributed by atoms with E-state index in [9.17, 15) is 9.59 Å². The number of carbonyl (C=O) groups is 2. The van der Waals surface area contributed by atoms with Crippen molar-refractivity contribution >= 4 is 23.2 Å². The zero-order valence-corrected chi connectivity index (χ0v) is 21.5. The lowest BCUT2D eigenvalue weighted by atomic mass is 10.0. The number of methoxy groups -OCH3 is 2. The van der Waals surface area contributed by atoms with Crippen LogP contribution < -0.4 is 9.47 Å². The minimum Gasteiger partial charge on any atom is -0.493 e. The van der Waals surface area contributed by atoms with Crippen LogP contribution in [-0.4, -0.2) is 68.7 Å². The number of hydrogen-bond acceptors (Lipinski definition) is 6. The van der Waals surface area contributed by atoms with Crippen LogP contribution in [-0.2, 0) is 16.0 Å². The molecule has 1 atom stereocenters. The molecule has 36 heavy (non-hydrogen) atoms. The fourth-order valence-corrected chi connectivity index (χ4v) is 5.38. The van der Waals surface area contributed by atoms with E-state index in [2.05, 4.69) is 11.4 Å². The second-order valence-corrected chi connectivity index (χ2v) is 9.55. The van der Waals surface area contributed by atoms with E-state index in [4.69, 9.17) is 14.2 Å². The van der Waals surface area contributed by atoms with Crippen LogP contribution in [0.15, 0.2) is 66.0 Å². The van der Waals surface area contributed by atoms with Crippen LogP contribution in [0.25, 0.3) is 0 Å². The number of para-hydroxylation sites is 2. The lowest BCUT2D eigenvalue weighted by molar-refractivity contribution is -0.135. The third-order valence-corrected chi connectivity index (χ3v) is 7.29. The molecule has 0 bridgehead atoms. The van der Waals surface area contributed by atoms with Crippen molar-refractivity contribution in [1.82, 2.24) is 9.80 Å². The molecule has 8 heteroatoms. The molecule has 0 saturated heterocycles. The highest BCUT2D eigenvalue weighted by Crippen LogP contribution is 2.35. The molecule has 2 amide bonds. The topological polar surface area (TPSA) is 68.3 Å². The van der Waals surface area contributed by atoms with Crippen molar-refractivity contribution in [3.8, 4) is 11.5 Å². The summed E-state index contributed by atoms with van der Waals surface area (Å²) in [5, 5.41) is 2.06. The average molecular weight is 509 g/mol. The molecule has 1 aliphatic heterocycles. The van der Waals surface area contributed by atoms with Crippen molar-refractivity contribution in [3.63, 3.8) is 0 Å². The molecular weight excluding hydrogens is 476 g/mol. The molecule has 0 aliphatic carbocycles. The summed E-state index contributed by atoms with van der Waals surface area (Å²) in [4.78, 5) is 31.7. The number of ether oxygens (including phenoxy) is 3. The molecule has 4 rings (SSSR count). The minimum atomic E-state index is -0.245. The van der Waals surface area contributed by atoms with Gasteiger partial charge in [-0.2, -0.15) is 0 Å². The summed E-state index contributed by atoms with van der Waals surface area (Å²) in [6, 6.07) is 18.4. The summed E-state index contributed by atoms with van der Waals surface area (Å²) in [6.45, 7) is 1.84. The Bertz CT molecular complexity index is 1150. The molecule has 2 aromatic carbocycles. The van der Waals surface area contributed by atoms with Crippen LogP contribution in [0.2, 0.25) is 0 Å². The third-order valence-electron chi connectivity index (χ3n) is 6.29. The van der Waals surface area contributed by atoms with Crippen LogP contribution in [0.3, 0.4) is 0 Å². The molecule has 1 aliphatic rings. The fraction of sp³-hybridized carbons (Fsp3) is 0.357. The van der Waals surface area contributed by atoms with Gasteiger partial charge in [0.15, 0.2) is 11.5 Å². The Kier molecular flexibility index (Phi) is 8.97. The van der Waals surface area contributed by atoms with E-state index in [0.717, 1.165) is 12.0 Å². The van der Waals surface area contributed by atoms with Crippen molar-refractivity contribution < 1.29 is 23.8 Å². The summed E-state index contributed by atoms with van der Waals surface area (Å²) >= 11 is 1.71. The second-order valence-electron chi connectivity index (χ2n) is 8.55. The summed E-state index contributed by atoms with van der Waals surface area (Å²) in [6.07, 6.45) is 1.44. The van der Waals surface area contributed by atoms with Gasteiger partial charge in [0.05, 0.1) is 13.2 Å². The van der Waals surface area contributed by atoms with Crippen LogP contribution in [0, 0.1) is 0 Å². The lowest BCUT2D eigenvalue weighted by Crippen LogP contribution is -2.48. The van der Waals surface area contributed by atoms with Gasteiger partial charge in [0.25, 0.3) is 5.91 Å². The Morgan fingerprint density at radius 3 is 2.53 bits per heavy atom. The van der Waals surface area contributed by atoms with Gasteiger partial charge < -0.3 is 24.0 Å². The van der Waals surface area contributed by atoms with E-state index in [-0.39, 0.29) is 24.4 Å². The predicted octanol–water partition coefficient (Wildman–Crippen LogP) is 4.44. The minimum absolute atomic E-state index is 0.00205. The van der Waals surface area contributed by atoms with Crippen LogP contribution in [0.1, 0.15) is 33.3 Å². The highest BCUT2D eigenvalue weighted by atomic mass is 32.1. The first-order valence-electron chi connectivity index (χ1n) is 12.1. The summed E-state index contributed by atoms with van der Waals surface area (Å²) in [5.41, 5.74) is 1.67. The van der Waals surface area contributed by atoms with Crippen LogP contribution >= 0.6 is 11.3 Å². The standard InChI is InChI=1S/C28H32N2O5S/c1-33-17-8-15-29(28(32)21-9-4-3-5-10-21)19-27(31)30-16-13-26-22(14-18-36-26)23(30)20-35-25-12-7-6-11-24(25)34-2/h3-7,9-12,14,18,23H,8,13,15-17,19-20H2,1-2H3/t23-/m0/s1. The van der Waals surface area contributed by atoms with E-state index in [1.807, 2.05) is 47.4 Å². The zero-order valence-electron chi connectivity index (χ0n) is 20.7. The highest BCUT2D eigenvalue weighted by Gasteiger charge is 2.33. The first-order valence-corrected chi connectivity index (χ1v) is 12.9. The summed E-state index contributed by atoms with van der Waals surface area (Å²) in [5.74, 6) is 1.03. The van der Waals surface area contributed by atoms with Gasteiger partial charge >= 0.3 is 0 Å². The van der Waals surface area contributed by atoms with Gasteiger partial charge in [-0.3, -0.25) is 9.59 Å². The molecule has 0 saturated carbocycles. The number of amides is 2. The maximum Gasteiger partial charge on any atom is 0.254 e. The molecule has 2 heterocycles. The molecule has 0 radical (unpaired) electrons. The molecule has 190 valence electrons. The van der Waals surface area contributed by atoms with Gasteiger partial charge in [0.2, 0.25) is 5.91 Å². The van der Waals surface area contributed by atoms with E-state index in [0.29, 0.717) is 49.8 Å². The Balaban J connectivity index is 1.52. The van der Waals surface area contributed by atoms with Crippen molar-refractivity contribution in [1.29, 1.82) is 0 Å². The third kappa shape index (κ3) is 6.06. The molecule has 1 aromatic heterocycles. The zero-order chi connectivity index (χ0) is 25.3. The Morgan fingerprint density at radius 2 is 1.78 bits per heavy atom. The largest absolute Gasteiger partial charge is 0.493 e. The molecular formula is C28H32N2O5S. The normalized spacial score (nSPS) is 14.7. The van der Waals surface area contributed by atoms with Gasteiger partial charge in [-0.1, -0.05) is 30.3 Å². The second kappa shape index (κ2) is 12.6. The Labute approximate surface area is 216 Å². The van der Waals surface area contributed by atoms with E-state index in [1.165, 1.54) is 4.88 Å². The number of thiophene rings is 1. The molecule has 3 aromatic rings. The summed E-state index contributed by atoms with van der Waals surface area (Å²) < 4.78 is 16.8. The first-order chi connectivity index (χ1) is 17.6. The van der Waals surface area contributed by atoms with Crippen LogP contribution in [0.4, 0.5) is 0 Å². The SMILES string of the molecule is COCCCN(CC(=O)N1CCc2sccc2[C@@H]1COc1ccccc1OC)C(=O)c1ccccc1. The number of hydrogen-bond donors (Lipinski definition) is 0. The van der Waals surface area contributed by atoms with Crippen LogP contribution in [0.5, 0.6) is 11.5 Å². The highest BCUT2D eigenvalue weighted by molar-refractivity contribution is 7.10. The smallest absolute Gasteiger partial charge is 0.254 e. The van der Waals surface area contributed by atoms with E-state index >= 15 is 0 Å². The number of nitrogens with zero attached hydrogens (tertiary/aromatic N) is 2. The molecule has 0 unspecified atom stereocenters. The van der Waals surface area contributed by atoms with Gasteiger partial charge in [-0.25, -0.2) is 0 Å². The first kappa shape index (κ1) is 25.7. The number of fused-ring (bicyclic) bond motifs is 1.